The van der Waals surface area contributed by atoms with Crippen molar-refractivity contribution in [2.75, 3.05) is 0 Å². The number of hydrogen-bond acceptors (Lipinski definition) is 6. The Bertz CT molecular complexity index is 818. The van der Waals surface area contributed by atoms with Gasteiger partial charge in [-0.1, -0.05) is 31.7 Å². The molecule has 1 aliphatic carbocycles. The first-order chi connectivity index (χ1) is 11.4. The van der Waals surface area contributed by atoms with Crippen LogP contribution in [0.4, 0.5) is 0 Å². The lowest BCUT2D eigenvalue weighted by molar-refractivity contribution is -0.156. The van der Waals surface area contributed by atoms with Crippen molar-refractivity contribution in [2.45, 2.75) is 19.8 Å². The molecule has 0 saturated carbocycles. The van der Waals surface area contributed by atoms with Gasteiger partial charge in [0.2, 0.25) is 0 Å². The minimum absolute atomic E-state index is 0.0856. The molecule has 0 saturated heterocycles. The molecule has 1 atom stereocenters. The molecule has 0 aromatic carbocycles. The lowest BCUT2D eigenvalue weighted by Gasteiger charge is -2.23. The number of fused-ring (bicyclic) bond motifs is 2. The zero-order chi connectivity index (χ0) is 17.4. The Morgan fingerprint density at radius 3 is 2.46 bits per heavy atom. The van der Waals surface area contributed by atoms with E-state index in [9.17, 15) is 19.2 Å². The van der Waals surface area contributed by atoms with Crippen LogP contribution in [-0.4, -0.2) is 23.9 Å². The van der Waals surface area contributed by atoms with Crippen LogP contribution in [0, 0.1) is 5.92 Å². The maximum absolute atomic E-state index is 12.2. The number of allylic oxidation sites excluding steroid dienone is 3. The van der Waals surface area contributed by atoms with E-state index < -0.39 is 23.9 Å². The maximum Gasteiger partial charge on any atom is 0.346 e. The molecular formula is C18H14O6. The number of carbonyl (C=O) groups is 4. The largest absolute Gasteiger partial charge is 0.386 e. The van der Waals surface area contributed by atoms with E-state index in [4.69, 9.17) is 9.47 Å². The Labute approximate surface area is 137 Å². The monoisotopic (exact) mass is 326 g/mol. The molecular weight excluding hydrogens is 312 g/mol. The summed E-state index contributed by atoms with van der Waals surface area (Å²) in [5.74, 6) is -3.39. The van der Waals surface area contributed by atoms with Crippen molar-refractivity contribution in [2.24, 2.45) is 5.92 Å². The Hall–Kier alpha value is -3.02. The second-order valence-electron chi connectivity index (χ2n) is 5.77. The standard InChI is InChI=1S/C18H14O6/c1-9-4-3-5-12-14-10(2)8-11(16(20)23-15(9)19)6-7-13(14)18(22)24-17(12)21/h3,5-7,10H,1,4,8H2,2H3/b5-3-. The fourth-order valence-corrected chi connectivity index (χ4v) is 2.87. The van der Waals surface area contributed by atoms with Crippen molar-refractivity contribution in [3.05, 3.63) is 58.7 Å². The second-order valence-corrected chi connectivity index (χ2v) is 5.77. The van der Waals surface area contributed by atoms with Crippen LogP contribution in [0.3, 0.4) is 0 Å². The second kappa shape index (κ2) is 5.88. The summed E-state index contributed by atoms with van der Waals surface area (Å²) in [6, 6.07) is 0. The highest BCUT2D eigenvalue weighted by molar-refractivity contribution is 6.12. The highest BCUT2D eigenvalue weighted by Gasteiger charge is 2.36. The highest BCUT2D eigenvalue weighted by Crippen LogP contribution is 2.36. The summed E-state index contributed by atoms with van der Waals surface area (Å²) in [5.41, 5.74) is 1.33. The predicted molar refractivity (Wildman–Crippen MR) is 82.1 cm³/mol. The summed E-state index contributed by atoms with van der Waals surface area (Å²) in [4.78, 5) is 48.2. The van der Waals surface area contributed by atoms with Crippen molar-refractivity contribution in [3.63, 3.8) is 0 Å². The Morgan fingerprint density at radius 2 is 1.71 bits per heavy atom. The van der Waals surface area contributed by atoms with E-state index >= 15 is 0 Å². The minimum Gasteiger partial charge on any atom is -0.386 e. The summed E-state index contributed by atoms with van der Waals surface area (Å²) in [5, 5.41) is 0. The first-order valence-corrected chi connectivity index (χ1v) is 7.41. The van der Waals surface area contributed by atoms with Gasteiger partial charge in [0, 0.05) is 11.1 Å². The van der Waals surface area contributed by atoms with Crippen LogP contribution in [0.1, 0.15) is 19.8 Å². The number of esters is 4. The van der Waals surface area contributed by atoms with E-state index in [0.717, 1.165) is 0 Å². The van der Waals surface area contributed by atoms with Gasteiger partial charge in [-0.25, -0.2) is 19.2 Å². The number of rotatable bonds is 0. The molecule has 0 aromatic heterocycles. The van der Waals surface area contributed by atoms with Gasteiger partial charge in [0.1, 0.15) is 0 Å². The number of hydrogen-bond donors (Lipinski definition) is 0. The van der Waals surface area contributed by atoms with Gasteiger partial charge < -0.3 is 9.47 Å². The predicted octanol–water partition coefficient (Wildman–Crippen LogP) is 1.84. The number of cyclic esters (lactones) is 4. The fourth-order valence-electron chi connectivity index (χ4n) is 2.87. The van der Waals surface area contributed by atoms with Crippen LogP contribution < -0.4 is 0 Å². The van der Waals surface area contributed by atoms with E-state index in [1.165, 1.54) is 18.2 Å². The van der Waals surface area contributed by atoms with Crippen molar-refractivity contribution in [1.29, 1.82) is 0 Å². The fraction of sp³-hybridized carbons (Fsp3) is 0.222. The van der Waals surface area contributed by atoms with Crippen LogP contribution in [-0.2, 0) is 28.7 Å². The topological polar surface area (TPSA) is 86.7 Å². The summed E-state index contributed by atoms with van der Waals surface area (Å²) in [7, 11) is 0. The molecule has 2 bridgehead atoms. The van der Waals surface area contributed by atoms with E-state index in [0.29, 0.717) is 5.57 Å². The van der Waals surface area contributed by atoms with Crippen LogP contribution in [0.5, 0.6) is 0 Å². The molecule has 3 rings (SSSR count). The molecule has 2 heterocycles. The molecule has 6 heteroatoms. The van der Waals surface area contributed by atoms with Gasteiger partial charge in [0.05, 0.1) is 11.1 Å². The summed E-state index contributed by atoms with van der Waals surface area (Å²) < 4.78 is 9.59. The lowest BCUT2D eigenvalue weighted by Crippen LogP contribution is -2.27. The third-order valence-corrected chi connectivity index (χ3v) is 4.06. The molecule has 24 heavy (non-hydrogen) atoms. The van der Waals surface area contributed by atoms with Crippen molar-refractivity contribution >= 4 is 23.9 Å². The van der Waals surface area contributed by atoms with Crippen LogP contribution in [0.25, 0.3) is 0 Å². The van der Waals surface area contributed by atoms with Gasteiger partial charge >= 0.3 is 23.9 Å². The van der Waals surface area contributed by atoms with Gasteiger partial charge in [-0.15, -0.1) is 0 Å². The van der Waals surface area contributed by atoms with Crippen molar-refractivity contribution in [3.8, 4) is 0 Å². The number of carbonyl (C=O) groups excluding carboxylic acids is 4. The smallest absolute Gasteiger partial charge is 0.346 e. The number of ether oxygens (including phenoxy) is 2. The highest BCUT2D eigenvalue weighted by atomic mass is 16.6. The average molecular weight is 326 g/mol. The molecule has 0 fully saturated rings. The Kier molecular flexibility index (Phi) is 3.89. The quantitative estimate of drug-likeness (QED) is 0.383. The molecule has 0 spiro atoms. The SMILES string of the molecule is C=C1C/C=C\C2=C3C(=CC=C(CC3C)C(=O)OC1=O)C(=O)OC2=O. The zero-order valence-corrected chi connectivity index (χ0v) is 13.0. The van der Waals surface area contributed by atoms with E-state index in [-0.39, 0.29) is 41.1 Å². The molecule has 0 amide bonds. The zero-order valence-electron chi connectivity index (χ0n) is 13.0. The van der Waals surface area contributed by atoms with Gasteiger partial charge in [0.25, 0.3) is 0 Å². The lowest BCUT2D eigenvalue weighted by atomic mass is 9.85. The molecule has 0 N–H and O–H groups in total. The minimum atomic E-state index is -0.813. The molecule has 3 aliphatic rings. The molecule has 0 aromatic rings. The van der Waals surface area contributed by atoms with Crippen molar-refractivity contribution in [1.82, 2.24) is 0 Å². The van der Waals surface area contributed by atoms with Crippen LogP contribution in [0.15, 0.2) is 58.7 Å². The molecule has 1 unspecified atom stereocenters. The maximum atomic E-state index is 12.2. The summed E-state index contributed by atoms with van der Waals surface area (Å²) in [6.45, 7) is 5.37. The van der Waals surface area contributed by atoms with Crippen LogP contribution in [0.2, 0.25) is 0 Å². The first kappa shape index (κ1) is 15.9. The van der Waals surface area contributed by atoms with Gasteiger partial charge in [-0.05, 0) is 30.4 Å². The normalized spacial score (nSPS) is 25.9. The van der Waals surface area contributed by atoms with Crippen LogP contribution >= 0.6 is 0 Å². The molecule has 122 valence electrons. The van der Waals surface area contributed by atoms with Gasteiger partial charge in [-0.2, -0.15) is 0 Å². The Balaban J connectivity index is 2.21. The van der Waals surface area contributed by atoms with Gasteiger partial charge in [-0.3, -0.25) is 0 Å². The third-order valence-electron chi connectivity index (χ3n) is 4.06. The molecule has 0 radical (unpaired) electrons. The molecule has 2 aliphatic heterocycles. The first-order valence-electron chi connectivity index (χ1n) is 7.41. The summed E-state index contributed by atoms with van der Waals surface area (Å²) in [6.07, 6.45) is 6.26. The van der Waals surface area contributed by atoms with E-state index in [2.05, 4.69) is 6.58 Å². The van der Waals surface area contributed by atoms with Gasteiger partial charge in [0.15, 0.2) is 0 Å². The third kappa shape index (κ3) is 2.67. The van der Waals surface area contributed by atoms with Crippen molar-refractivity contribution < 1.29 is 28.7 Å². The average Bonchev–Trinajstić information content (AvgIpc) is 2.69. The summed E-state index contributed by atoms with van der Waals surface area (Å²) >= 11 is 0. The Morgan fingerprint density at radius 1 is 1.00 bits per heavy atom. The molecule has 6 nitrogen and oxygen atoms in total. The van der Waals surface area contributed by atoms with E-state index in [1.54, 1.807) is 13.0 Å². The van der Waals surface area contributed by atoms with E-state index in [1.807, 2.05) is 0 Å².